The van der Waals surface area contributed by atoms with Crippen molar-refractivity contribution in [3.63, 3.8) is 0 Å². The van der Waals surface area contributed by atoms with Crippen LogP contribution < -0.4 is 0 Å². The molecule has 6 nitrogen and oxygen atoms in total. The molecule has 0 radical (unpaired) electrons. The molecule has 0 saturated heterocycles. The monoisotopic (exact) mass is 397 g/mol. The van der Waals surface area contributed by atoms with Crippen molar-refractivity contribution in [1.82, 2.24) is 5.16 Å². The Morgan fingerprint density at radius 1 is 1.19 bits per heavy atom. The highest BCUT2D eigenvalue weighted by molar-refractivity contribution is 7.93. The average Bonchev–Trinajstić information content (AvgIpc) is 3.04. The van der Waals surface area contributed by atoms with Crippen LogP contribution in [0, 0.1) is 5.82 Å². The van der Waals surface area contributed by atoms with Crippen LogP contribution in [0.5, 0.6) is 0 Å². The first-order chi connectivity index (χ1) is 12.4. The standard InChI is InChI=1S/C19H24FNO5S/c1-18(2,12-25-5)16-10-14(26-21-16)11-17(22)19(3,4)27(23,24)15-8-6-13(20)7-9-15/h6-10H,11-12H2,1-5H3. The molecule has 1 heterocycles. The minimum Gasteiger partial charge on any atom is -0.384 e. The van der Waals surface area contributed by atoms with Crippen molar-refractivity contribution in [2.45, 2.75) is 49.2 Å². The Labute approximate surface area is 158 Å². The number of hydrogen-bond acceptors (Lipinski definition) is 6. The summed E-state index contributed by atoms with van der Waals surface area (Å²) in [5, 5.41) is 3.97. The second-order valence-electron chi connectivity index (χ2n) is 7.56. The lowest BCUT2D eigenvalue weighted by Crippen LogP contribution is -2.41. The smallest absolute Gasteiger partial charge is 0.190 e. The van der Waals surface area contributed by atoms with Crippen LogP contribution in [0.25, 0.3) is 0 Å². The molecule has 0 bridgehead atoms. The second-order valence-corrected chi connectivity index (χ2v) is 10.1. The Hall–Kier alpha value is -2.06. The van der Waals surface area contributed by atoms with Crippen molar-refractivity contribution in [2.24, 2.45) is 0 Å². The molecule has 1 aromatic carbocycles. The SMILES string of the molecule is COCC(C)(C)c1cc(CC(=O)C(C)(C)S(=O)(=O)c2ccc(F)cc2)on1. The summed E-state index contributed by atoms with van der Waals surface area (Å²) in [4.78, 5) is 12.6. The number of Topliss-reactive ketones (excluding diaryl/α,β-unsaturated/α-hetero) is 1. The molecule has 0 aliphatic rings. The highest BCUT2D eigenvalue weighted by atomic mass is 32.2. The minimum absolute atomic E-state index is 0.110. The first-order valence-corrected chi connectivity index (χ1v) is 9.88. The topological polar surface area (TPSA) is 86.5 Å². The van der Waals surface area contributed by atoms with Gasteiger partial charge in [0.15, 0.2) is 15.6 Å². The summed E-state index contributed by atoms with van der Waals surface area (Å²) < 4.78 is 47.4. The number of carbonyl (C=O) groups excluding carboxylic acids is 1. The highest BCUT2D eigenvalue weighted by Gasteiger charge is 2.42. The predicted molar refractivity (Wildman–Crippen MR) is 97.8 cm³/mol. The molecule has 2 rings (SSSR count). The summed E-state index contributed by atoms with van der Waals surface area (Å²) in [7, 11) is -2.42. The molecule has 0 aliphatic heterocycles. The van der Waals surface area contributed by atoms with Gasteiger partial charge in [0.05, 0.1) is 23.6 Å². The average molecular weight is 397 g/mol. The maximum absolute atomic E-state index is 13.1. The van der Waals surface area contributed by atoms with Crippen LogP contribution in [-0.4, -0.2) is 37.8 Å². The number of rotatable bonds is 8. The van der Waals surface area contributed by atoms with E-state index in [0.717, 1.165) is 24.3 Å². The van der Waals surface area contributed by atoms with Crippen LogP contribution in [0.2, 0.25) is 0 Å². The molecule has 0 spiro atoms. The first kappa shape index (κ1) is 21.2. The molecule has 148 valence electrons. The number of benzene rings is 1. The third-order valence-electron chi connectivity index (χ3n) is 4.56. The predicted octanol–water partition coefficient (Wildman–Crippen LogP) is 3.10. The van der Waals surface area contributed by atoms with Gasteiger partial charge in [0.25, 0.3) is 0 Å². The van der Waals surface area contributed by atoms with E-state index in [4.69, 9.17) is 9.26 Å². The largest absolute Gasteiger partial charge is 0.384 e. The lowest BCUT2D eigenvalue weighted by atomic mass is 9.90. The molecular weight excluding hydrogens is 373 g/mol. The molecular formula is C19H24FNO5S. The van der Waals surface area contributed by atoms with Crippen molar-refractivity contribution >= 4 is 15.6 Å². The van der Waals surface area contributed by atoms with Crippen molar-refractivity contribution in [3.8, 4) is 0 Å². The van der Waals surface area contributed by atoms with Crippen LogP contribution in [-0.2, 0) is 31.2 Å². The molecule has 0 unspecified atom stereocenters. The summed E-state index contributed by atoms with van der Waals surface area (Å²) in [6, 6.07) is 6.04. The van der Waals surface area contributed by atoms with E-state index < -0.39 is 31.6 Å². The van der Waals surface area contributed by atoms with Crippen LogP contribution in [0.4, 0.5) is 4.39 Å². The van der Waals surface area contributed by atoms with E-state index in [9.17, 15) is 17.6 Å². The zero-order valence-electron chi connectivity index (χ0n) is 16.1. The molecule has 27 heavy (non-hydrogen) atoms. The third-order valence-corrected chi connectivity index (χ3v) is 7.02. The number of methoxy groups -OCH3 is 1. The number of aromatic nitrogens is 1. The van der Waals surface area contributed by atoms with Gasteiger partial charge >= 0.3 is 0 Å². The zero-order chi connectivity index (χ0) is 20.5. The van der Waals surface area contributed by atoms with Gasteiger partial charge in [-0.3, -0.25) is 4.79 Å². The fourth-order valence-corrected chi connectivity index (χ4v) is 4.03. The Balaban J connectivity index is 2.24. The van der Waals surface area contributed by atoms with Gasteiger partial charge in [0, 0.05) is 18.6 Å². The van der Waals surface area contributed by atoms with E-state index in [-0.39, 0.29) is 17.1 Å². The number of halogens is 1. The van der Waals surface area contributed by atoms with Crippen molar-refractivity contribution in [1.29, 1.82) is 0 Å². The van der Waals surface area contributed by atoms with Crippen molar-refractivity contribution in [2.75, 3.05) is 13.7 Å². The van der Waals surface area contributed by atoms with E-state index in [1.807, 2.05) is 13.8 Å². The first-order valence-electron chi connectivity index (χ1n) is 8.40. The van der Waals surface area contributed by atoms with Gasteiger partial charge in [-0.05, 0) is 38.1 Å². The molecule has 0 atom stereocenters. The summed E-state index contributed by atoms with van der Waals surface area (Å²) in [6.45, 7) is 6.92. The molecule has 1 aromatic heterocycles. The quantitative estimate of drug-likeness (QED) is 0.636. The third kappa shape index (κ3) is 4.27. The van der Waals surface area contributed by atoms with Crippen LogP contribution in [0.3, 0.4) is 0 Å². The van der Waals surface area contributed by atoms with E-state index in [1.165, 1.54) is 13.8 Å². The van der Waals surface area contributed by atoms with Gasteiger partial charge < -0.3 is 9.26 Å². The summed E-state index contributed by atoms with van der Waals surface area (Å²) in [5.74, 6) is -0.813. The molecule has 8 heteroatoms. The van der Waals surface area contributed by atoms with Crippen molar-refractivity contribution in [3.05, 3.63) is 47.6 Å². The van der Waals surface area contributed by atoms with Crippen LogP contribution in [0.15, 0.2) is 39.8 Å². The van der Waals surface area contributed by atoms with E-state index in [0.29, 0.717) is 12.3 Å². The van der Waals surface area contributed by atoms with Gasteiger partial charge in [0.2, 0.25) is 0 Å². The maximum atomic E-state index is 13.1. The zero-order valence-corrected chi connectivity index (χ0v) is 16.9. The maximum Gasteiger partial charge on any atom is 0.190 e. The van der Waals surface area contributed by atoms with Gasteiger partial charge in [-0.2, -0.15) is 0 Å². The Kier molecular flexibility index (Phi) is 5.91. The van der Waals surface area contributed by atoms with Gasteiger partial charge in [0.1, 0.15) is 16.3 Å². The van der Waals surface area contributed by atoms with Crippen LogP contribution >= 0.6 is 0 Å². The number of hydrogen-bond donors (Lipinski definition) is 0. The lowest BCUT2D eigenvalue weighted by molar-refractivity contribution is -0.120. The fourth-order valence-electron chi connectivity index (χ4n) is 2.58. The molecule has 2 aromatic rings. The number of nitrogens with zero attached hydrogens (tertiary/aromatic N) is 1. The molecule has 0 amide bonds. The molecule has 0 N–H and O–H groups in total. The second kappa shape index (κ2) is 7.52. The van der Waals surface area contributed by atoms with Gasteiger partial charge in [-0.15, -0.1) is 0 Å². The lowest BCUT2D eigenvalue weighted by Gasteiger charge is -2.23. The fraction of sp³-hybridized carbons (Fsp3) is 0.474. The normalized spacial score (nSPS) is 13.0. The Morgan fingerprint density at radius 3 is 2.33 bits per heavy atom. The van der Waals surface area contributed by atoms with E-state index >= 15 is 0 Å². The van der Waals surface area contributed by atoms with Crippen LogP contribution in [0.1, 0.15) is 39.1 Å². The number of sulfone groups is 1. The Bertz CT molecular complexity index is 914. The van der Waals surface area contributed by atoms with Crippen molar-refractivity contribution < 1.29 is 26.9 Å². The van der Waals surface area contributed by atoms with E-state index in [2.05, 4.69) is 5.16 Å². The molecule has 0 aliphatic carbocycles. The number of ether oxygens (including phenoxy) is 1. The van der Waals surface area contributed by atoms with Gasteiger partial charge in [-0.1, -0.05) is 19.0 Å². The highest BCUT2D eigenvalue weighted by Crippen LogP contribution is 2.29. The molecule has 0 fully saturated rings. The van der Waals surface area contributed by atoms with E-state index in [1.54, 1.807) is 13.2 Å². The summed E-state index contributed by atoms with van der Waals surface area (Å²) in [5.41, 5.74) is 0.210. The number of ketones is 1. The summed E-state index contributed by atoms with van der Waals surface area (Å²) in [6.07, 6.45) is -0.219. The summed E-state index contributed by atoms with van der Waals surface area (Å²) >= 11 is 0. The number of carbonyl (C=O) groups is 1. The van der Waals surface area contributed by atoms with Gasteiger partial charge in [-0.25, -0.2) is 12.8 Å². The Morgan fingerprint density at radius 2 is 1.78 bits per heavy atom. The molecule has 0 saturated carbocycles. The minimum atomic E-state index is -4.00.